The highest BCUT2D eigenvalue weighted by molar-refractivity contribution is 5.52. The molecule has 2 aliphatic heterocycles. The minimum atomic E-state index is 0.489. The Morgan fingerprint density at radius 2 is 1.79 bits per heavy atom. The Hall–Kier alpha value is -2.14. The molecule has 2 aliphatic rings. The number of aromatic nitrogens is 2. The van der Waals surface area contributed by atoms with Gasteiger partial charge in [-0.25, -0.2) is 9.97 Å². The van der Waals surface area contributed by atoms with E-state index in [9.17, 15) is 0 Å². The Labute approximate surface area is 143 Å². The lowest BCUT2D eigenvalue weighted by Crippen LogP contribution is -2.37. The van der Waals surface area contributed by atoms with Gasteiger partial charge in [-0.05, 0) is 18.9 Å². The summed E-state index contributed by atoms with van der Waals surface area (Å²) in [5, 5.41) is 0. The topological polar surface area (TPSA) is 41.5 Å². The van der Waals surface area contributed by atoms with Crippen molar-refractivity contribution in [3.8, 4) is 0 Å². The van der Waals surface area contributed by atoms with E-state index in [1.54, 1.807) is 6.33 Å². The quantitative estimate of drug-likeness (QED) is 0.868. The Morgan fingerprint density at radius 1 is 1.04 bits per heavy atom. The molecule has 0 N–H and O–H groups in total. The highest BCUT2D eigenvalue weighted by Crippen LogP contribution is 2.34. The van der Waals surface area contributed by atoms with Crippen LogP contribution in [-0.4, -0.2) is 48.9 Å². The molecule has 1 aromatic carbocycles. The molecule has 2 saturated heterocycles. The van der Waals surface area contributed by atoms with Crippen molar-refractivity contribution >= 4 is 11.6 Å². The summed E-state index contributed by atoms with van der Waals surface area (Å²) in [6, 6.07) is 13.4. The number of nitrogens with zero attached hydrogens (tertiary/aromatic N) is 4. The van der Waals surface area contributed by atoms with Crippen LogP contribution in [0.3, 0.4) is 0 Å². The molecule has 0 amide bonds. The summed E-state index contributed by atoms with van der Waals surface area (Å²) in [6.07, 6.45) is 2.86. The van der Waals surface area contributed by atoms with E-state index in [4.69, 9.17) is 4.74 Å². The van der Waals surface area contributed by atoms with E-state index in [1.165, 1.54) is 12.0 Å². The number of rotatable bonds is 3. The van der Waals surface area contributed by atoms with Crippen LogP contribution in [0, 0.1) is 0 Å². The zero-order valence-corrected chi connectivity index (χ0v) is 14.1. The van der Waals surface area contributed by atoms with Gasteiger partial charge < -0.3 is 14.5 Å². The molecule has 0 radical (unpaired) electrons. The van der Waals surface area contributed by atoms with Crippen LogP contribution in [-0.2, 0) is 4.74 Å². The highest BCUT2D eigenvalue weighted by atomic mass is 16.5. The molecule has 2 fully saturated rings. The van der Waals surface area contributed by atoms with Gasteiger partial charge in [-0.2, -0.15) is 0 Å². The summed E-state index contributed by atoms with van der Waals surface area (Å²) < 4.78 is 5.44. The van der Waals surface area contributed by atoms with Crippen molar-refractivity contribution < 1.29 is 4.74 Å². The van der Waals surface area contributed by atoms with Crippen LogP contribution < -0.4 is 9.80 Å². The molecular formula is C19H24N4O. The fraction of sp³-hybridized carbons (Fsp3) is 0.474. The van der Waals surface area contributed by atoms with Gasteiger partial charge in [0.25, 0.3) is 0 Å². The molecule has 5 heteroatoms. The van der Waals surface area contributed by atoms with Gasteiger partial charge in [0, 0.05) is 37.7 Å². The highest BCUT2D eigenvalue weighted by Gasteiger charge is 2.31. The first-order chi connectivity index (χ1) is 11.8. The molecule has 0 bridgehead atoms. The van der Waals surface area contributed by atoms with Crippen molar-refractivity contribution in [2.45, 2.75) is 25.3 Å². The number of hydrogen-bond acceptors (Lipinski definition) is 5. The molecule has 3 heterocycles. The van der Waals surface area contributed by atoms with Crippen molar-refractivity contribution in [3.63, 3.8) is 0 Å². The zero-order valence-electron chi connectivity index (χ0n) is 14.1. The summed E-state index contributed by atoms with van der Waals surface area (Å²) in [7, 11) is 0. The molecule has 4 rings (SSSR count). The molecule has 0 spiro atoms. The second kappa shape index (κ2) is 6.77. The third kappa shape index (κ3) is 3.08. The lowest BCUT2D eigenvalue weighted by Gasteiger charge is -2.29. The first-order valence-electron chi connectivity index (χ1n) is 8.77. The van der Waals surface area contributed by atoms with Crippen LogP contribution >= 0.6 is 0 Å². The SMILES string of the molecule is C[C@H]1C[C@H](c2ccccc2)CN1c1cc(N2CCOCC2)ncn1. The molecule has 2 atom stereocenters. The molecular weight excluding hydrogens is 300 g/mol. The van der Waals surface area contributed by atoms with E-state index in [-0.39, 0.29) is 0 Å². The summed E-state index contributed by atoms with van der Waals surface area (Å²) >= 11 is 0. The number of ether oxygens (including phenoxy) is 1. The molecule has 24 heavy (non-hydrogen) atoms. The lowest BCUT2D eigenvalue weighted by atomic mass is 9.97. The van der Waals surface area contributed by atoms with Crippen LogP contribution in [0.4, 0.5) is 11.6 Å². The Morgan fingerprint density at radius 3 is 2.58 bits per heavy atom. The molecule has 2 aromatic rings. The largest absolute Gasteiger partial charge is 0.378 e. The maximum Gasteiger partial charge on any atom is 0.134 e. The fourth-order valence-corrected chi connectivity index (χ4v) is 3.78. The molecule has 0 aliphatic carbocycles. The minimum absolute atomic E-state index is 0.489. The van der Waals surface area contributed by atoms with Gasteiger partial charge in [0.05, 0.1) is 13.2 Å². The van der Waals surface area contributed by atoms with E-state index in [2.05, 4.69) is 63.1 Å². The van der Waals surface area contributed by atoms with Crippen LogP contribution in [0.5, 0.6) is 0 Å². The third-order valence-corrected chi connectivity index (χ3v) is 5.11. The molecule has 0 unspecified atom stereocenters. The summed E-state index contributed by atoms with van der Waals surface area (Å²) in [4.78, 5) is 13.7. The number of hydrogen-bond donors (Lipinski definition) is 0. The second-order valence-electron chi connectivity index (χ2n) is 6.68. The Balaban J connectivity index is 1.53. The number of benzene rings is 1. The van der Waals surface area contributed by atoms with E-state index in [0.29, 0.717) is 12.0 Å². The van der Waals surface area contributed by atoms with Gasteiger partial charge in [-0.1, -0.05) is 30.3 Å². The third-order valence-electron chi connectivity index (χ3n) is 5.11. The van der Waals surface area contributed by atoms with Gasteiger partial charge in [0.2, 0.25) is 0 Å². The first-order valence-corrected chi connectivity index (χ1v) is 8.77. The van der Waals surface area contributed by atoms with Gasteiger partial charge in [-0.15, -0.1) is 0 Å². The predicted octanol–water partition coefficient (Wildman–Crippen LogP) is 2.70. The number of anilines is 2. The lowest BCUT2D eigenvalue weighted by molar-refractivity contribution is 0.122. The van der Waals surface area contributed by atoms with E-state index in [0.717, 1.165) is 44.5 Å². The van der Waals surface area contributed by atoms with Crippen molar-refractivity contribution in [1.82, 2.24) is 9.97 Å². The Bertz CT molecular complexity index is 672. The summed E-state index contributed by atoms with van der Waals surface area (Å²) in [5.74, 6) is 2.62. The van der Waals surface area contributed by atoms with Crippen LogP contribution in [0.1, 0.15) is 24.8 Å². The van der Waals surface area contributed by atoms with Crippen LogP contribution in [0.25, 0.3) is 0 Å². The molecule has 5 nitrogen and oxygen atoms in total. The fourth-order valence-electron chi connectivity index (χ4n) is 3.78. The van der Waals surface area contributed by atoms with E-state index < -0.39 is 0 Å². The maximum atomic E-state index is 5.44. The Kier molecular flexibility index (Phi) is 4.34. The second-order valence-corrected chi connectivity index (χ2v) is 6.68. The van der Waals surface area contributed by atoms with Crippen molar-refractivity contribution in [1.29, 1.82) is 0 Å². The monoisotopic (exact) mass is 324 g/mol. The van der Waals surface area contributed by atoms with Gasteiger partial charge in [-0.3, -0.25) is 0 Å². The average Bonchev–Trinajstić information content (AvgIpc) is 3.05. The predicted molar refractivity (Wildman–Crippen MR) is 95.7 cm³/mol. The standard InChI is InChI=1S/C19H24N4O/c1-15-11-17(16-5-3-2-4-6-16)13-23(15)19-12-18(20-14-21-19)22-7-9-24-10-8-22/h2-6,12,14-15,17H,7-11,13H2,1H3/t15-,17-/m0/s1. The maximum absolute atomic E-state index is 5.44. The smallest absolute Gasteiger partial charge is 0.134 e. The van der Waals surface area contributed by atoms with Crippen molar-refractivity contribution in [2.75, 3.05) is 42.6 Å². The molecule has 126 valence electrons. The summed E-state index contributed by atoms with van der Waals surface area (Å²) in [6.45, 7) is 6.66. The van der Waals surface area contributed by atoms with E-state index >= 15 is 0 Å². The van der Waals surface area contributed by atoms with Gasteiger partial charge >= 0.3 is 0 Å². The summed E-state index contributed by atoms with van der Waals surface area (Å²) in [5.41, 5.74) is 1.43. The normalized spacial score (nSPS) is 24.4. The minimum Gasteiger partial charge on any atom is -0.378 e. The van der Waals surface area contributed by atoms with Crippen LogP contribution in [0.15, 0.2) is 42.7 Å². The molecule has 0 saturated carbocycles. The molecule has 1 aromatic heterocycles. The van der Waals surface area contributed by atoms with E-state index in [1.807, 2.05) is 0 Å². The average molecular weight is 324 g/mol. The van der Waals surface area contributed by atoms with Gasteiger partial charge in [0.15, 0.2) is 0 Å². The number of morpholine rings is 1. The van der Waals surface area contributed by atoms with Crippen molar-refractivity contribution in [3.05, 3.63) is 48.3 Å². The van der Waals surface area contributed by atoms with Crippen molar-refractivity contribution in [2.24, 2.45) is 0 Å². The van der Waals surface area contributed by atoms with Gasteiger partial charge in [0.1, 0.15) is 18.0 Å². The van der Waals surface area contributed by atoms with Crippen LogP contribution in [0.2, 0.25) is 0 Å². The zero-order chi connectivity index (χ0) is 16.4. The first kappa shape index (κ1) is 15.4.